The Morgan fingerprint density at radius 2 is 2.05 bits per heavy atom. The minimum atomic E-state index is -1.21. The molecule has 19 heavy (non-hydrogen) atoms. The Balaban J connectivity index is 2.65. The van der Waals surface area contributed by atoms with Gasteiger partial charge in [-0.05, 0) is 17.0 Å². The third kappa shape index (κ3) is 4.62. The summed E-state index contributed by atoms with van der Waals surface area (Å²) in [5.74, 6) is -0.928. The molecule has 102 valence electrons. The van der Waals surface area contributed by atoms with Crippen molar-refractivity contribution in [1.82, 2.24) is 0 Å². The van der Waals surface area contributed by atoms with Gasteiger partial charge in [-0.2, -0.15) is 0 Å². The summed E-state index contributed by atoms with van der Waals surface area (Å²) in [4.78, 5) is 14.4. The molecule has 1 N–H and O–H groups in total. The van der Waals surface area contributed by atoms with Crippen LogP contribution in [0.1, 0.15) is 19.4 Å². The van der Waals surface area contributed by atoms with Crippen molar-refractivity contribution in [3.63, 3.8) is 0 Å². The van der Waals surface area contributed by atoms with Crippen LogP contribution in [0.3, 0.4) is 0 Å². The molecule has 0 aliphatic carbocycles. The van der Waals surface area contributed by atoms with Crippen LogP contribution in [0, 0.1) is 5.92 Å². The first-order valence-electron chi connectivity index (χ1n) is 5.99. The molecule has 6 heteroatoms. The number of aliphatic hydroxyl groups excluding tert-OH is 1. The van der Waals surface area contributed by atoms with Crippen molar-refractivity contribution in [3.05, 3.63) is 46.3 Å². The molecule has 0 amide bonds. The number of azide groups is 1. The van der Waals surface area contributed by atoms with Crippen LogP contribution >= 0.6 is 0 Å². The normalized spacial score (nSPS) is 13.5. The molecular weight excluding hydrogens is 246 g/mol. The fourth-order valence-corrected chi connectivity index (χ4v) is 1.49. The van der Waals surface area contributed by atoms with Crippen molar-refractivity contribution < 1.29 is 14.6 Å². The lowest BCUT2D eigenvalue weighted by atomic mass is 10.0. The molecule has 0 fully saturated rings. The van der Waals surface area contributed by atoms with E-state index < -0.39 is 18.1 Å². The van der Waals surface area contributed by atoms with Gasteiger partial charge in [0.1, 0.15) is 6.61 Å². The standard InChI is InChI=1S/C13H17N3O3/c1-9(2)12(17)11(15-16-14)13(18)19-8-10-6-4-3-5-7-10/h3-7,9,11-12,17H,8H2,1-2H3/t11-,12+/m0/s1. The molecule has 1 rings (SSSR count). The van der Waals surface area contributed by atoms with Crippen molar-refractivity contribution in [1.29, 1.82) is 0 Å². The van der Waals surface area contributed by atoms with Crippen LogP contribution in [0.4, 0.5) is 0 Å². The molecule has 0 heterocycles. The predicted octanol–water partition coefficient (Wildman–Crippen LogP) is 2.43. The summed E-state index contributed by atoms with van der Waals surface area (Å²) in [7, 11) is 0. The van der Waals surface area contributed by atoms with Crippen molar-refractivity contribution in [2.45, 2.75) is 32.6 Å². The molecule has 1 aromatic carbocycles. The van der Waals surface area contributed by atoms with E-state index >= 15 is 0 Å². The quantitative estimate of drug-likeness (QED) is 0.369. The molecule has 0 unspecified atom stereocenters. The van der Waals surface area contributed by atoms with Crippen LogP contribution in [-0.4, -0.2) is 23.2 Å². The van der Waals surface area contributed by atoms with Gasteiger partial charge >= 0.3 is 5.97 Å². The Bertz CT molecular complexity index is 455. The van der Waals surface area contributed by atoms with E-state index in [4.69, 9.17) is 10.3 Å². The minimum absolute atomic E-state index is 0.0853. The molecule has 0 aliphatic heterocycles. The average Bonchev–Trinajstić information content (AvgIpc) is 2.42. The zero-order valence-electron chi connectivity index (χ0n) is 10.9. The number of nitrogens with zero attached hydrogens (tertiary/aromatic N) is 3. The van der Waals surface area contributed by atoms with Crippen molar-refractivity contribution in [2.75, 3.05) is 0 Å². The third-order valence-corrected chi connectivity index (χ3v) is 2.65. The van der Waals surface area contributed by atoms with E-state index in [-0.39, 0.29) is 12.5 Å². The molecule has 6 nitrogen and oxygen atoms in total. The average molecular weight is 263 g/mol. The summed E-state index contributed by atoms with van der Waals surface area (Å²) in [5.41, 5.74) is 9.27. The van der Waals surface area contributed by atoms with Crippen molar-refractivity contribution in [3.8, 4) is 0 Å². The van der Waals surface area contributed by atoms with Crippen LogP contribution in [-0.2, 0) is 16.1 Å². The summed E-state index contributed by atoms with van der Waals surface area (Å²) >= 11 is 0. The number of aliphatic hydroxyl groups is 1. The second-order valence-electron chi connectivity index (χ2n) is 4.48. The molecule has 0 aromatic heterocycles. The first kappa shape index (κ1) is 15.0. The summed E-state index contributed by atoms with van der Waals surface area (Å²) in [6.45, 7) is 3.55. The van der Waals surface area contributed by atoms with Gasteiger partial charge in [-0.1, -0.05) is 49.3 Å². The lowest BCUT2D eigenvalue weighted by Crippen LogP contribution is -2.37. The number of esters is 1. The fourth-order valence-electron chi connectivity index (χ4n) is 1.49. The summed E-state index contributed by atoms with van der Waals surface area (Å²) in [5, 5.41) is 13.1. The Kier molecular flexibility index (Phi) is 5.85. The largest absolute Gasteiger partial charge is 0.460 e. The highest BCUT2D eigenvalue weighted by Crippen LogP contribution is 2.13. The van der Waals surface area contributed by atoms with Gasteiger partial charge < -0.3 is 9.84 Å². The van der Waals surface area contributed by atoms with E-state index in [1.54, 1.807) is 13.8 Å². The highest BCUT2D eigenvalue weighted by molar-refractivity contribution is 5.76. The number of ether oxygens (including phenoxy) is 1. The smallest absolute Gasteiger partial charge is 0.317 e. The molecule has 0 radical (unpaired) electrons. The number of carbonyl (C=O) groups is 1. The Morgan fingerprint density at radius 1 is 1.42 bits per heavy atom. The van der Waals surface area contributed by atoms with Gasteiger partial charge in [-0.25, -0.2) is 0 Å². The molecule has 0 saturated carbocycles. The van der Waals surface area contributed by atoms with Crippen LogP contribution < -0.4 is 0 Å². The minimum Gasteiger partial charge on any atom is -0.460 e. The van der Waals surface area contributed by atoms with Gasteiger partial charge in [0.25, 0.3) is 0 Å². The number of rotatable bonds is 6. The summed E-state index contributed by atoms with van der Waals surface area (Å²) in [6, 6.07) is 7.93. The number of hydrogen-bond donors (Lipinski definition) is 1. The first-order chi connectivity index (χ1) is 9.06. The van der Waals surface area contributed by atoms with Gasteiger partial charge in [-0.3, -0.25) is 4.79 Å². The molecule has 2 atom stereocenters. The number of carbonyl (C=O) groups excluding carboxylic acids is 1. The first-order valence-corrected chi connectivity index (χ1v) is 5.99. The van der Waals surface area contributed by atoms with Gasteiger partial charge in [0.15, 0.2) is 6.04 Å². The van der Waals surface area contributed by atoms with E-state index in [0.29, 0.717) is 0 Å². The van der Waals surface area contributed by atoms with Gasteiger partial charge in [0, 0.05) is 4.91 Å². The van der Waals surface area contributed by atoms with Crippen LogP contribution in [0.25, 0.3) is 10.4 Å². The van der Waals surface area contributed by atoms with E-state index in [0.717, 1.165) is 5.56 Å². The molecule has 1 aromatic rings. The highest BCUT2D eigenvalue weighted by Gasteiger charge is 2.29. The van der Waals surface area contributed by atoms with Crippen LogP contribution in [0.5, 0.6) is 0 Å². The Morgan fingerprint density at radius 3 is 2.58 bits per heavy atom. The lowest BCUT2D eigenvalue weighted by Gasteiger charge is -2.20. The van der Waals surface area contributed by atoms with Crippen LogP contribution in [0.15, 0.2) is 35.4 Å². The van der Waals surface area contributed by atoms with Gasteiger partial charge in [-0.15, -0.1) is 0 Å². The maximum Gasteiger partial charge on any atom is 0.317 e. The van der Waals surface area contributed by atoms with E-state index in [1.807, 2.05) is 30.3 Å². The third-order valence-electron chi connectivity index (χ3n) is 2.65. The molecule has 0 bridgehead atoms. The molecular formula is C13H17N3O3. The van der Waals surface area contributed by atoms with Gasteiger partial charge in [0.2, 0.25) is 0 Å². The Labute approximate surface area is 111 Å². The second kappa shape index (κ2) is 7.41. The summed E-state index contributed by atoms with van der Waals surface area (Å²) in [6.07, 6.45) is -1.06. The van der Waals surface area contributed by atoms with E-state index in [2.05, 4.69) is 10.0 Å². The van der Waals surface area contributed by atoms with E-state index in [9.17, 15) is 9.90 Å². The SMILES string of the molecule is CC(C)[C@@H](O)[C@H](N=[N+]=[N-])C(=O)OCc1ccccc1. The Hall–Kier alpha value is -2.04. The zero-order chi connectivity index (χ0) is 14.3. The summed E-state index contributed by atoms with van der Waals surface area (Å²) < 4.78 is 5.05. The highest BCUT2D eigenvalue weighted by atomic mass is 16.5. The molecule has 0 aliphatic rings. The lowest BCUT2D eigenvalue weighted by molar-refractivity contribution is -0.150. The number of benzene rings is 1. The number of hydrogen-bond acceptors (Lipinski definition) is 4. The fraction of sp³-hybridized carbons (Fsp3) is 0.462. The topological polar surface area (TPSA) is 95.3 Å². The zero-order valence-corrected chi connectivity index (χ0v) is 10.9. The molecule has 0 saturated heterocycles. The predicted molar refractivity (Wildman–Crippen MR) is 70.0 cm³/mol. The molecule has 0 spiro atoms. The monoisotopic (exact) mass is 263 g/mol. The van der Waals surface area contributed by atoms with Crippen LogP contribution in [0.2, 0.25) is 0 Å². The van der Waals surface area contributed by atoms with Gasteiger partial charge in [0.05, 0.1) is 6.10 Å². The maximum absolute atomic E-state index is 11.8. The van der Waals surface area contributed by atoms with E-state index in [1.165, 1.54) is 0 Å². The maximum atomic E-state index is 11.8. The van der Waals surface area contributed by atoms with Crippen molar-refractivity contribution >= 4 is 5.97 Å². The second-order valence-corrected chi connectivity index (χ2v) is 4.48. The van der Waals surface area contributed by atoms with Crippen molar-refractivity contribution in [2.24, 2.45) is 11.0 Å².